The predicted octanol–water partition coefficient (Wildman–Crippen LogP) is 5.00. The summed E-state index contributed by atoms with van der Waals surface area (Å²) in [5, 5.41) is 0. The SMILES string of the molecule is COc1cc(Cc2nc(C)cc(CC3CCCCC3)n2)ccc1-n1cnc(C)c1. The van der Waals surface area contributed by atoms with Crippen molar-refractivity contribution >= 4 is 0 Å². The Labute approximate surface area is 173 Å². The predicted molar refractivity (Wildman–Crippen MR) is 115 cm³/mol. The van der Waals surface area contributed by atoms with Crippen molar-refractivity contribution in [1.82, 2.24) is 19.5 Å². The molecule has 0 unspecified atom stereocenters. The molecule has 0 amide bonds. The number of aromatic nitrogens is 4. The minimum Gasteiger partial charge on any atom is -0.495 e. The number of methoxy groups -OCH3 is 1. The van der Waals surface area contributed by atoms with E-state index in [4.69, 9.17) is 14.7 Å². The van der Waals surface area contributed by atoms with E-state index in [1.807, 2.05) is 24.0 Å². The maximum Gasteiger partial charge on any atom is 0.143 e. The van der Waals surface area contributed by atoms with Crippen LogP contribution in [0.2, 0.25) is 0 Å². The number of rotatable bonds is 6. The van der Waals surface area contributed by atoms with Crippen molar-refractivity contribution in [2.24, 2.45) is 5.92 Å². The number of hydrogen-bond donors (Lipinski definition) is 0. The molecule has 0 spiro atoms. The molecule has 29 heavy (non-hydrogen) atoms. The van der Waals surface area contributed by atoms with Gasteiger partial charge in [0.05, 0.1) is 24.8 Å². The average molecular weight is 391 g/mol. The standard InChI is InChI=1S/C24H30N4O/c1-17-11-21(12-19-7-5-4-6-8-19)27-24(26-17)14-20-9-10-22(23(13-20)29-3)28-15-18(2)25-16-28/h9-11,13,15-16,19H,4-8,12,14H2,1-3H3. The Morgan fingerprint density at radius 3 is 2.59 bits per heavy atom. The third-order valence-corrected chi connectivity index (χ3v) is 5.77. The molecular formula is C24H30N4O. The normalized spacial score (nSPS) is 14.9. The molecule has 0 aliphatic heterocycles. The van der Waals surface area contributed by atoms with E-state index in [9.17, 15) is 0 Å². The van der Waals surface area contributed by atoms with Gasteiger partial charge in [0.25, 0.3) is 0 Å². The van der Waals surface area contributed by atoms with Gasteiger partial charge in [-0.25, -0.2) is 15.0 Å². The fourth-order valence-electron chi connectivity index (χ4n) is 4.35. The first-order valence-electron chi connectivity index (χ1n) is 10.6. The largest absolute Gasteiger partial charge is 0.495 e. The second-order valence-corrected chi connectivity index (χ2v) is 8.23. The number of ether oxygens (including phenoxy) is 1. The van der Waals surface area contributed by atoms with Crippen LogP contribution in [0.4, 0.5) is 0 Å². The summed E-state index contributed by atoms with van der Waals surface area (Å²) in [6.45, 7) is 4.05. The Kier molecular flexibility index (Phi) is 5.93. The molecule has 0 saturated heterocycles. The Morgan fingerprint density at radius 1 is 1.03 bits per heavy atom. The smallest absolute Gasteiger partial charge is 0.143 e. The Bertz CT molecular complexity index is 973. The van der Waals surface area contributed by atoms with Crippen molar-refractivity contribution in [3.05, 3.63) is 65.3 Å². The minimum absolute atomic E-state index is 0.707. The number of benzene rings is 1. The summed E-state index contributed by atoms with van der Waals surface area (Å²) in [5.41, 5.74) is 5.36. The zero-order chi connectivity index (χ0) is 20.2. The van der Waals surface area contributed by atoms with Crippen LogP contribution >= 0.6 is 0 Å². The van der Waals surface area contributed by atoms with Gasteiger partial charge in [0.15, 0.2) is 0 Å². The van der Waals surface area contributed by atoms with Crippen LogP contribution in [0.15, 0.2) is 36.8 Å². The summed E-state index contributed by atoms with van der Waals surface area (Å²) < 4.78 is 7.64. The van der Waals surface area contributed by atoms with E-state index in [2.05, 4.69) is 36.2 Å². The van der Waals surface area contributed by atoms with E-state index in [1.54, 1.807) is 7.11 Å². The maximum absolute atomic E-state index is 5.65. The molecule has 0 radical (unpaired) electrons. The third kappa shape index (κ3) is 4.84. The van der Waals surface area contributed by atoms with Gasteiger partial charge in [-0.15, -0.1) is 0 Å². The van der Waals surface area contributed by atoms with E-state index in [-0.39, 0.29) is 0 Å². The van der Waals surface area contributed by atoms with Gasteiger partial charge in [0.2, 0.25) is 0 Å². The summed E-state index contributed by atoms with van der Waals surface area (Å²) in [5.74, 6) is 2.50. The molecular weight excluding hydrogens is 360 g/mol. The van der Waals surface area contributed by atoms with Crippen LogP contribution in [0.5, 0.6) is 5.75 Å². The summed E-state index contributed by atoms with van der Waals surface area (Å²) in [7, 11) is 1.71. The van der Waals surface area contributed by atoms with Gasteiger partial charge in [0.1, 0.15) is 11.6 Å². The fourth-order valence-corrected chi connectivity index (χ4v) is 4.35. The Hall–Kier alpha value is -2.69. The molecule has 2 heterocycles. The summed E-state index contributed by atoms with van der Waals surface area (Å²) in [6, 6.07) is 8.44. The molecule has 1 aliphatic carbocycles. The lowest BCUT2D eigenvalue weighted by molar-refractivity contribution is 0.354. The second kappa shape index (κ2) is 8.76. The van der Waals surface area contributed by atoms with Crippen LogP contribution in [0, 0.1) is 19.8 Å². The summed E-state index contributed by atoms with van der Waals surface area (Å²) in [4.78, 5) is 13.9. The quantitative estimate of drug-likeness (QED) is 0.594. The highest BCUT2D eigenvalue weighted by Crippen LogP contribution is 2.27. The van der Waals surface area contributed by atoms with Crippen LogP contribution in [0.3, 0.4) is 0 Å². The first-order valence-corrected chi connectivity index (χ1v) is 10.6. The van der Waals surface area contributed by atoms with Gasteiger partial charge in [-0.05, 0) is 49.9 Å². The molecule has 1 fully saturated rings. The number of hydrogen-bond acceptors (Lipinski definition) is 4. The number of aryl methyl sites for hydroxylation is 2. The van der Waals surface area contributed by atoms with Gasteiger partial charge in [-0.2, -0.15) is 0 Å². The van der Waals surface area contributed by atoms with Gasteiger partial charge >= 0.3 is 0 Å². The highest BCUT2D eigenvalue weighted by Gasteiger charge is 2.16. The van der Waals surface area contributed by atoms with Crippen molar-refractivity contribution in [2.45, 2.75) is 58.8 Å². The maximum atomic E-state index is 5.65. The topological polar surface area (TPSA) is 52.8 Å². The molecule has 5 heteroatoms. The van der Waals surface area contributed by atoms with Gasteiger partial charge in [-0.1, -0.05) is 38.2 Å². The zero-order valence-electron chi connectivity index (χ0n) is 17.7. The van der Waals surface area contributed by atoms with Crippen molar-refractivity contribution < 1.29 is 4.74 Å². The van der Waals surface area contributed by atoms with E-state index in [1.165, 1.54) is 37.8 Å². The second-order valence-electron chi connectivity index (χ2n) is 8.23. The van der Waals surface area contributed by atoms with Crippen LogP contribution < -0.4 is 4.74 Å². The molecule has 5 nitrogen and oxygen atoms in total. The lowest BCUT2D eigenvalue weighted by Gasteiger charge is -2.21. The van der Waals surface area contributed by atoms with E-state index in [0.29, 0.717) is 6.42 Å². The van der Waals surface area contributed by atoms with Gasteiger partial charge in [-0.3, -0.25) is 0 Å². The van der Waals surface area contributed by atoms with Crippen LogP contribution in [-0.4, -0.2) is 26.6 Å². The Balaban J connectivity index is 1.54. The molecule has 1 saturated carbocycles. The molecule has 2 aromatic heterocycles. The van der Waals surface area contributed by atoms with E-state index in [0.717, 1.165) is 46.6 Å². The third-order valence-electron chi connectivity index (χ3n) is 5.77. The molecule has 1 aromatic carbocycles. The van der Waals surface area contributed by atoms with Crippen LogP contribution in [-0.2, 0) is 12.8 Å². The molecule has 0 N–H and O–H groups in total. The van der Waals surface area contributed by atoms with Crippen molar-refractivity contribution in [3.63, 3.8) is 0 Å². The van der Waals surface area contributed by atoms with Crippen molar-refractivity contribution in [3.8, 4) is 11.4 Å². The van der Waals surface area contributed by atoms with Gasteiger partial charge in [0, 0.05) is 24.0 Å². The lowest BCUT2D eigenvalue weighted by atomic mass is 9.86. The van der Waals surface area contributed by atoms with E-state index < -0.39 is 0 Å². The summed E-state index contributed by atoms with van der Waals surface area (Å²) in [6.07, 6.45) is 12.4. The Morgan fingerprint density at radius 2 is 1.86 bits per heavy atom. The molecule has 0 bridgehead atoms. The molecule has 152 valence electrons. The zero-order valence-corrected chi connectivity index (χ0v) is 17.7. The highest BCUT2D eigenvalue weighted by atomic mass is 16.5. The van der Waals surface area contributed by atoms with Crippen LogP contribution in [0.25, 0.3) is 5.69 Å². The number of nitrogens with zero attached hydrogens (tertiary/aromatic N) is 4. The molecule has 3 aromatic rings. The van der Waals surface area contributed by atoms with Crippen molar-refractivity contribution in [1.29, 1.82) is 0 Å². The average Bonchev–Trinajstić information content (AvgIpc) is 3.14. The first-order chi connectivity index (χ1) is 14.1. The highest BCUT2D eigenvalue weighted by molar-refractivity contribution is 5.49. The number of imidazole rings is 1. The molecule has 1 aliphatic rings. The molecule has 4 rings (SSSR count). The van der Waals surface area contributed by atoms with Crippen LogP contribution in [0.1, 0.15) is 60.6 Å². The lowest BCUT2D eigenvalue weighted by Crippen LogP contribution is -2.12. The monoisotopic (exact) mass is 390 g/mol. The first kappa shape index (κ1) is 19.6. The van der Waals surface area contributed by atoms with Gasteiger partial charge < -0.3 is 9.30 Å². The minimum atomic E-state index is 0.707. The van der Waals surface area contributed by atoms with E-state index >= 15 is 0 Å². The van der Waals surface area contributed by atoms with Crippen molar-refractivity contribution in [2.75, 3.05) is 7.11 Å². The fraction of sp³-hybridized carbons (Fsp3) is 0.458. The summed E-state index contributed by atoms with van der Waals surface area (Å²) >= 11 is 0. The molecule has 0 atom stereocenters.